The van der Waals surface area contributed by atoms with E-state index < -0.39 is 0 Å². The number of amides is 1. The van der Waals surface area contributed by atoms with Crippen molar-refractivity contribution in [2.24, 2.45) is 17.6 Å². The van der Waals surface area contributed by atoms with E-state index in [2.05, 4.69) is 17.2 Å². The highest BCUT2D eigenvalue weighted by molar-refractivity contribution is 7.09. The minimum atomic E-state index is 0. The van der Waals surface area contributed by atoms with Gasteiger partial charge >= 0.3 is 0 Å². The Morgan fingerprint density at radius 2 is 2.00 bits per heavy atom. The first-order valence-electron chi connectivity index (χ1n) is 8.14. The van der Waals surface area contributed by atoms with Crippen molar-refractivity contribution in [3.8, 4) is 0 Å². The second-order valence-electron chi connectivity index (χ2n) is 6.54. The molecular weight excluding hydrogens is 353 g/mol. The first-order chi connectivity index (χ1) is 10.2. The minimum Gasteiger partial charge on any atom is -0.352 e. The zero-order valence-corrected chi connectivity index (χ0v) is 15.9. The topological polar surface area (TPSA) is 68.0 Å². The third kappa shape index (κ3) is 5.05. The van der Waals surface area contributed by atoms with Crippen LogP contribution in [0, 0.1) is 11.8 Å². The van der Waals surface area contributed by atoms with Gasteiger partial charge in [-0.1, -0.05) is 13.3 Å². The van der Waals surface area contributed by atoms with Crippen LogP contribution in [0.1, 0.15) is 49.7 Å². The van der Waals surface area contributed by atoms with Crippen molar-refractivity contribution in [1.29, 1.82) is 0 Å². The Bertz CT molecular complexity index is 497. The van der Waals surface area contributed by atoms with Crippen molar-refractivity contribution in [3.63, 3.8) is 0 Å². The number of aromatic nitrogens is 1. The van der Waals surface area contributed by atoms with Gasteiger partial charge in [0.2, 0.25) is 5.91 Å². The largest absolute Gasteiger partial charge is 0.352 e. The summed E-state index contributed by atoms with van der Waals surface area (Å²) < 4.78 is 0. The Hall–Kier alpha value is -0.360. The van der Waals surface area contributed by atoms with Gasteiger partial charge in [0, 0.05) is 17.5 Å². The van der Waals surface area contributed by atoms with Crippen LogP contribution < -0.4 is 11.1 Å². The van der Waals surface area contributed by atoms with Gasteiger partial charge in [0.25, 0.3) is 0 Å². The van der Waals surface area contributed by atoms with E-state index in [-0.39, 0.29) is 30.7 Å². The number of carbonyl (C=O) groups excluding carboxylic acids is 1. The van der Waals surface area contributed by atoms with Crippen LogP contribution in [-0.2, 0) is 17.6 Å². The van der Waals surface area contributed by atoms with Gasteiger partial charge in [0.1, 0.15) is 0 Å². The van der Waals surface area contributed by atoms with Crippen LogP contribution in [-0.4, -0.2) is 23.0 Å². The number of thiazole rings is 1. The van der Waals surface area contributed by atoms with E-state index >= 15 is 0 Å². The molecule has 1 heterocycles. The predicted molar refractivity (Wildman–Crippen MR) is 99.7 cm³/mol. The van der Waals surface area contributed by atoms with Gasteiger partial charge < -0.3 is 11.1 Å². The molecule has 0 spiro atoms. The Morgan fingerprint density at radius 1 is 1.35 bits per heavy atom. The SMILES string of the molecule is CCc1nc(CC(=O)NC2C3CCCC2CC(N)C3)cs1.Cl.Cl. The molecule has 2 aliphatic rings. The van der Waals surface area contributed by atoms with Crippen molar-refractivity contribution in [2.75, 3.05) is 0 Å². The van der Waals surface area contributed by atoms with Crippen molar-refractivity contribution < 1.29 is 4.79 Å². The number of hydrogen-bond acceptors (Lipinski definition) is 4. The van der Waals surface area contributed by atoms with E-state index in [9.17, 15) is 4.79 Å². The molecule has 2 fully saturated rings. The average molecular weight is 380 g/mol. The molecule has 1 amide bonds. The molecule has 0 aromatic carbocycles. The molecule has 0 aliphatic heterocycles. The summed E-state index contributed by atoms with van der Waals surface area (Å²) in [5, 5.41) is 6.41. The predicted octanol–water partition coefficient (Wildman–Crippen LogP) is 3.11. The Kier molecular flexibility index (Phi) is 8.28. The number of halogens is 2. The maximum absolute atomic E-state index is 12.3. The molecule has 132 valence electrons. The molecule has 4 nitrogen and oxygen atoms in total. The summed E-state index contributed by atoms with van der Waals surface area (Å²) in [7, 11) is 0. The zero-order valence-electron chi connectivity index (χ0n) is 13.5. The number of aryl methyl sites for hydroxylation is 1. The minimum absolute atomic E-state index is 0. The van der Waals surface area contributed by atoms with Gasteiger partial charge in [-0.25, -0.2) is 4.98 Å². The van der Waals surface area contributed by atoms with Crippen molar-refractivity contribution in [2.45, 2.75) is 64.0 Å². The van der Waals surface area contributed by atoms with Gasteiger partial charge in [0.15, 0.2) is 0 Å². The molecule has 2 bridgehead atoms. The molecule has 2 atom stereocenters. The lowest BCUT2D eigenvalue weighted by Crippen LogP contribution is -2.54. The quantitative estimate of drug-likeness (QED) is 0.843. The number of fused-ring (bicyclic) bond motifs is 2. The van der Waals surface area contributed by atoms with Crippen LogP contribution in [0.2, 0.25) is 0 Å². The summed E-state index contributed by atoms with van der Waals surface area (Å²) in [4.78, 5) is 16.8. The number of nitrogens with two attached hydrogens (primary N) is 1. The van der Waals surface area contributed by atoms with Gasteiger partial charge in [-0.05, 0) is 43.9 Å². The van der Waals surface area contributed by atoms with Crippen LogP contribution >= 0.6 is 36.2 Å². The van der Waals surface area contributed by atoms with Gasteiger partial charge in [-0.3, -0.25) is 4.79 Å². The van der Waals surface area contributed by atoms with E-state index in [1.165, 1.54) is 19.3 Å². The number of rotatable bonds is 4. The second-order valence-corrected chi connectivity index (χ2v) is 7.48. The average Bonchev–Trinajstić information content (AvgIpc) is 2.87. The van der Waals surface area contributed by atoms with Crippen LogP contribution in [0.15, 0.2) is 5.38 Å². The molecule has 3 rings (SSSR count). The van der Waals surface area contributed by atoms with Crippen molar-refractivity contribution >= 4 is 42.1 Å². The molecule has 2 unspecified atom stereocenters. The van der Waals surface area contributed by atoms with Crippen LogP contribution in [0.4, 0.5) is 0 Å². The lowest BCUT2D eigenvalue weighted by molar-refractivity contribution is -0.122. The van der Waals surface area contributed by atoms with E-state index in [0.717, 1.165) is 30.0 Å². The highest BCUT2D eigenvalue weighted by Gasteiger charge is 2.39. The fraction of sp³-hybridized carbons (Fsp3) is 0.750. The lowest BCUT2D eigenvalue weighted by atomic mass is 9.67. The van der Waals surface area contributed by atoms with Crippen molar-refractivity contribution in [1.82, 2.24) is 10.3 Å². The molecule has 0 radical (unpaired) electrons. The summed E-state index contributed by atoms with van der Waals surface area (Å²) in [6, 6.07) is 0.675. The highest BCUT2D eigenvalue weighted by Crippen LogP contribution is 2.39. The summed E-state index contributed by atoms with van der Waals surface area (Å²) in [5.74, 6) is 1.29. The maximum Gasteiger partial charge on any atom is 0.226 e. The molecule has 1 aromatic rings. The van der Waals surface area contributed by atoms with E-state index in [1.807, 2.05) is 5.38 Å². The van der Waals surface area contributed by atoms with E-state index in [0.29, 0.717) is 30.3 Å². The van der Waals surface area contributed by atoms with E-state index in [4.69, 9.17) is 5.73 Å². The molecule has 2 aliphatic carbocycles. The van der Waals surface area contributed by atoms with Gasteiger partial charge in [-0.15, -0.1) is 36.2 Å². The molecule has 2 saturated carbocycles. The third-order valence-corrected chi connectivity index (χ3v) is 5.99. The first kappa shape index (κ1) is 20.7. The summed E-state index contributed by atoms with van der Waals surface area (Å²) in [6.07, 6.45) is 7.21. The van der Waals surface area contributed by atoms with Gasteiger partial charge in [-0.2, -0.15) is 0 Å². The summed E-state index contributed by atoms with van der Waals surface area (Å²) in [5.41, 5.74) is 7.05. The Morgan fingerprint density at radius 3 is 2.57 bits per heavy atom. The van der Waals surface area contributed by atoms with E-state index in [1.54, 1.807) is 11.3 Å². The van der Waals surface area contributed by atoms with Crippen molar-refractivity contribution in [3.05, 3.63) is 16.1 Å². The molecule has 3 N–H and O–H groups in total. The molecular formula is C16H27Cl2N3OS. The smallest absolute Gasteiger partial charge is 0.226 e. The standard InChI is InChI=1S/C16H25N3OS.2ClH/c1-2-15-18-13(9-21-15)8-14(20)19-16-10-4-3-5-11(16)7-12(17)6-10;;/h9-12,16H,2-8,17H2,1H3,(H,19,20);2*1H. The first-order valence-corrected chi connectivity index (χ1v) is 9.02. The number of nitrogens with zero attached hydrogens (tertiary/aromatic N) is 1. The molecule has 0 saturated heterocycles. The number of carbonyl (C=O) groups is 1. The summed E-state index contributed by atoms with van der Waals surface area (Å²) in [6.45, 7) is 2.09. The third-order valence-electron chi connectivity index (χ3n) is 4.95. The fourth-order valence-electron chi connectivity index (χ4n) is 4.02. The molecule has 7 heteroatoms. The Balaban J connectivity index is 0.00000132. The number of hydrogen-bond donors (Lipinski definition) is 2. The fourth-order valence-corrected chi connectivity index (χ4v) is 4.76. The number of nitrogens with one attached hydrogen (secondary N) is 1. The molecule has 1 aromatic heterocycles. The van der Waals surface area contributed by atoms with Crippen LogP contribution in [0.25, 0.3) is 0 Å². The summed E-state index contributed by atoms with van der Waals surface area (Å²) >= 11 is 1.65. The normalized spacial score (nSPS) is 29.1. The molecule has 23 heavy (non-hydrogen) atoms. The van der Waals surface area contributed by atoms with Crippen LogP contribution in [0.3, 0.4) is 0 Å². The lowest BCUT2D eigenvalue weighted by Gasteiger charge is -2.45. The second kappa shape index (κ2) is 9.21. The Labute approximate surface area is 154 Å². The van der Waals surface area contributed by atoms with Crippen LogP contribution in [0.5, 0.6) is 0 Å². The van der Waals surface area contributed by atoms with Gasteiger partial charge in [0.05, 0.1) is 17.1 Å². The highest BCUT2D eigenvalue weighted by atomic mass is 35.5. The monoisotopic (exact) mass is 379 g/mol. The maximum atomic E-state index is 12.3. The zero-order chi connectivity index (χ0) is 14.8.